The molecule has 3 rings (SSSR count). The number of hydrogen-bond acceptors (Lipinski definition) is 3. The first-order chi connectivity index (χ1) is 12.4. The van der Waals surface area contributed by atoms with E-state index in [1.54, 1.807) is 31.2 Å². The van der Waals surface area contributed by atoms with E-state index in [-0.39, 0.29) is 18.5 Å². The van der Waals surface area contributed by atoms with Crippen LogP contribution in [0.25, 0.3) is 0 Å². The van der Waals surface area contributed by atoms with Gasteiger partial charge in [0.05, 0.1) is 0 Å². The van der Waals surface area contributed by atoms with Crippen LogP contribution in [0.15, 0.2) is 24.3 Å². The SMILES string of the molecule is C[C@@]1(c2ccc(Cl)cc2)NC(=O)N(CC(=O)NC2CCCCCC2)C1=O. The van der Waals surface area contributed by atoms with Gasteiger partial charge in [-0.2, -0.15) is 0 Å². The van der Waals surface area contributed by atoms with Crippen LogP contribution in [0.5, 0.6) is 0 Å². The lowest BCUT2D eigenvalue weighted by Gasteiger charge is -2.22. The Kier molecular flexibility index (Phi) is 5.51. The predicted molar refractivity (Wildman–Crippen MR) is 98.7 cm³/mol. The zero-order valence-electron chi connectivity index (χ0n) is 14.9. The van der Waals surface area contributed by atoms with E-state index in [0.29, 0.717) is 10.6 Å². The second-order valence-electron chi connectivity index (χ2n) is 7.21. The van der Waals surface area contributed by atoms with Crippen molar-refractivity contribution in [2.75, 3.05) is 6.54 Å². The second-order valence-corrected chi connectivity index (χ2v) is 7.65. The molecule has 1 heterocycles. The quantitative estimate of drug-likeness (QED) is 0.625. The summed E-state index contributed by atoms with van der Waals surface area (Å²) in [4.78, 5) is 38.5. The lowest BCUT2D eigenvalue weighted by atomic mass is 9.92. The molecule has 0 spiro atoms. The molecule has 1 aromatic rings. The summed E-state index contributed by atoms with van der Waals surface area (Å²) >= 11 is 5.89. The third kappa shape index (κ3) is 3.85. The number of halogens is 1. The Morgan fingerprint density at radius 2 is 1.81 bits per heavy atom. The molecule has 0 bridgehead atoms. The highest BCUT2D eigenvalue weighted by Gasteiger charge is 2.49. The molecule has 0 unspecified atom stereocenters. The maximum absolute atomic E-state index is 12.8. The van der Waals surface area contributed by atoms with Crippen molar-refractivity contribution < 1.29 is 14.4 Å². The molecule has 2 aliphatic rings. The Hall–Kier alpha value is -2.08. The van der Waals surface area contributed by atoms with E-state index in [2.05, 4.69) is 10.6 Å². The minimum Gasteiger partial charge on any atom is -0.352 e. The van der Waals surface area contributed by atoms with Crippen LogP contribution in [0.3, 0.4) is 0 Å². The average Bonchev–Trinajstić information content (AvgIpc) is 2.79. The van der Waals surface area contributed by atoms with Gasteiger partial charge in [-0.05, 0) is 37.5 Å². The zero-order chi connectivity index (χ0) is 18.7. The molecular formula is C19H24ClN3O3. The molecule has 7 heteroatoms. The van der Waals surface area contributed by atoms with Crippen molar-refractivity contribution >= 4 is 29.4 Å². The highest BCUT2D eigenvalue weighted by atomic mass is 35.5. The Morgan fingerprint density at radius 1 is 1.19 bits per heavy atom. The van der Waals surface area contributed by atoms with E-state index < -0.39 is 17.5 Å². The Balaban J connectivity index is 1.66. The van der Waals surface area contributed by atoms with E-state index in [1.165, 1.54) is 12.8 Å². The smallest absolute Gasteiger partial charge is 0.325 e. The van der Waals surface area contributed by atoms with Gasteiger partial charge >= 0.3 is 6.03 Å². The number of carbonyl (C=O) groups is 3. The summed E-state index contributed by atoms with van der Waals surface area (Å²) in [5.74, 6) is -0.721. The molecule has 1 aliphatic heterocycles. The maximum Gasteiger partial charge on any atom is 0.325 e. The number of carbonyl (C=O) groups excluding carboxylic acids is 3. The van der Waals surface area contributed by atoms with Gasteiger partial charge < -0.3 is 10.6 Å². The van der Waals surface area contributed by atoms with E-state index >= 15 is 0 Å². The molecule has 2 fully saturated rings. The van der Waals surface area contributed by atoms with Gasteiger partial charge in [0.1, 0.15) is 12.1 Å². The first kappa shape index (κ1) is 18.7. The van der Waals surface area contributed by atoms with Crippen molar-refractivity contribution in [1.82, 2.24) is 15.5 Å². The molecule has 0 radical (unpaired) electrons. The van der Waals surface area contributed by atoms with Crippen molar-refractivity contribution in [2.45, 2.75) is 57.0 Å². The van der Waals surface area contributed by atoms with E-state index in [9.17, 15) is 14.4 Å². The summed E-state index contributed by atoms with van der Waals surface area (Å²) in [6.45, 7) is 1.38. The van der Waals surface area contributed by atoms with Gasteiger partial charge in [-0.25, -0.2) is 4.79 Å². The Labute approximate surface area is 158 Å². The van der Waals surface area contributed by atoms with Crippen LogP contribution in [0.2, 0.25) is 5.02 Å². The van der Waals surface area contributed by atoms with Gasteiger partial charge in [0.25, 0.3) is 5.91 Å². The van der Waals surface area contributed by atoms with Crippen molar-refractivity contribution in [3.63, 3.8) is 0 Å². The summed E-state index contributed by atoms with van der Waals surface area (Å²) < 4.78 is 0. The molecule has 4 amide bonds. The Bertz CT molecular complexity index is 698. The highest BCUT2D eigenvalue weighted by Crippen LogP contribution is 2.29. The van der Waals surface area contributed by atoms with Gasteiger partial charge in [0.15, 0.2) is 0 Å². The van der Waals surface area contributed by atoms with Crippen LogP contribution in [0.4, 0.5) is 4.79 Å². The van der Waals surface area contributed by atoms with Gasteiger partial charge in [0.2, 0.25) is 5.91 Å². The number of nitrogens with one attached hydrogen (secondary N) is 2. The van der Waals surface area contributed by atoms with Gasteiger partial charge in [0, 0.05) is 11.1 Å². The third-order valence-electron chi connectivity index (χ3n) is 5.22. The number of hydrogen-bond donors (Lipinski definition) is 2. The first-order valence-corrected chi connectivity index (χ1v) is 9.47. The number of urea groups is 1. The minimum absolute atomic E-state index is 0.133. The van der Waals surface area contributed by atoms with Crippen LogP contribution in [0.1, 0.15) is 51.0 Å². The summed E-state index contributed by atoms with van der Waals surface area (Å²) in [5.41, 5.74) is -0.559. The molecule has 2 N–H and O–H groups in total. The molecule has 6 nitrogen and oxygen atoms in total. The van der Waals surface area contributed by atoms with Crippen molar-refractivity contribution in [3.05, 3.63) is 34.9 Å². The highest BCUT2D eigenvalue weighted by molar-refractivity contribution is 6.30. The van der Waals surface area contributed by atoms with Crippen molar-refractivity contribution in [1.29, 1.82) is 0 Å². The summed E-state index contributed by atoms with van der Waals surface area (Å²) in [7, 11) is 0. The van der Waals surface area contributed by atoms with E-state index in [1.807, 2.05) is 0 Å². The second kappa shape index (κ2) is 7.66. The van der Waals surface area contributed by atoms with E-state index in [0.717, 1.165) is 30.6 Å². The van der Waals surface area contributed by atoms with E-state index in [4.69, 9.17) is 11.6 Å². The molecule has 1 aromatic carbocycles. The predicted octanol–water partition coefficient (Wildman–Crippen LogP) is 2.95. The van der Waals surface area contributed by atoms with Gasteiger partial charge in [-0.3, -0.25) is 14.5 Å². The van der Waals surface area contributed by atoms with Crippen LogP contribution in [-0.4, -0.2) is 35.3 Å². The van der Waals surface area contributed by atoms with Gasteiger partial charge in [-0.1, -0.05) is 49.4 Å². The van der Waals surface area contributed by atoms with Crippen LogP contribution in [-0.2, 0) is 15.1 Å². The standard InChI is InChI=1S/C19H24ClN3O3/c1-19(13-8-10-14(20)11-9-13)17(25)23(18(26)22-19)12-16(24)21-15-6-4-2-3-5-7-15/h8-11,15H,2-7,12H2,1H3,(H,21,24)(H,22,26)/t19-/m0/s1. The van der Waals surface area contributed by atoms with Crippen LogP contribution in [0, 0.1) is 0 Å². The normalized spacial score (nSPS) is 24.3. The molecule has 1 saturated carbocycles. The molecule has 0 aromatic heterocycles. The van der Waals surface area contributed by atoms with Crippen LogP contribution >= 0.6 is 11.6 Å². The fraction of sp³-hybridized carbons (Fsp3) is 0.526. The van der Waals surface area contributed by atoms with Crippen molar-refractivity contribution in [3.8, 4) is 0 Å². The largest absolute Gasteiger partial charge is 0.352 e. The average molecular weight is 378 g/mol. The monoisotopic (exact) mass is 377 g/mol. The number of amides is 4. The van der Waals surface area contributed by atoms with Gasteiger partial charge in [-0.15, -0.1) is 0 Å². The lowest BCUT2D eigenvalue weighted by molar-refractivity contribution is -0.135. The molecule has 26 heavy (non-hydrogen) atoms. The molecule has 1 saturated heterocycles. The van der Waals surface area contributed by atoms with Crippen LogP contribution < -0.4 is 10.6 Å². The molecular weight excluding hydrogens is 354 g/mol. The summed E-state index contributed by atoms with van der Waals surface area (Å²) in [6, 6.07) is 6.33. The number of rotatable bonds is 4. The zero-order valence-corrected chi connectivity index (χ0v) is 15.6. The number of benzene rings is 1. The fourth-order valence-electron chi connectivity index (χ4n) is 3.66. The first-order valence-electron chi connectivity index (χ1n) is 9.09. The summed E-state index contributed by atoms with van der Waals surface area (Å²) in [6.07, 6.45) is 6.49. The third-order valence-corrected chi connectivity index (χ3v) is 5.47. The number of nitrogens with zero attached hydrogens (tertiary/aromatic N) is 1. The summed E-state index contributed by atoms with van der Waals surface area (Å²) in [5, 5.41) is 6.22. The maximum atomic E-state index is 12.8. The topological polar surface area (TPSA) is 78.5 Å². The molecule has 1 aliphatic carbocycles. The fourth-order valence-corrected chi connectivity index (χ4v) is 3.79. The minimum atomic E-state index is -1.19. The number of imide groups is 1. The molecule has 1 atom stereocenters. The van der Waals surface area contributed by atoms with Crippen molar-refractivity contribution in [2.24, 2.45) is 0 Å². The lowest BCUT2D eigenvalue weighted by Crippen LogP contribution is -2.45. The molecule has 140 valence electrons. The Morgan fingerprint density at radius 3 is 2.42 bits per heavy atom.